The van der Waals surface area contributed by atoms with Gasteiger partial charge in [-0.05, 0) is 31.1 Å². The van der Waals surface area contributed by atoms with Gasteiger partial charge in [-0.25, -0.2) is 8.78 Å². The molecule has 1 N–H and O–H groups in total. The molecule has 0 aliphatic rings. The zero-order chi connectivity index (χ0) is 11.8. The molecule has 1 rings (SSSR count). The van der Waals surface area contributed by atoms with Crippen LogP contribution in [0.1, 0.15) is 11.1 Å². The highest BCUT2D eigenvalue weighted by molar-refractivity contribution is 5.22. The lowest BCUT2D eigenvalue weighted by Gasteiger charge is -2.05. The van der Waals surface area contributed by atoms with E-state index < -0.39 is 13.0 Å². The summed E-state index contributed by atoms with van der Waals surface area (Å²) in [6, 6.07) is 7.82. The molecule has 0 heterocycles. The minimum atomic E-state index is -2.39. The Kier molecular flexibility index (Phi) is 5.96. The maximum absolute atomic E-state index is 11.8. The predicted octanol–water partition coefficient (Wildman–Crippen LogP) is 2.23. The van der Waals surface area contributed by atoms with Gasteiger partial charge in [0.25, 0.3) is 6.43 Å². The summed E-state index contributed by atoms with van der Waals surface area (Å²) in [6.45, 7) is 0.680. The molecule has 0 unspecified atom stereocenters. The molecule has 0 amide bonds. The standard InChI is InChI=1S/C12H17F2NO/c1-15-7-6-10-2-4-11(5-3-10)8-16-9-12(13)14/h2-5,12,15H,6-9H2,1H3. The number of rotatable bonds is 7. The third-order valence-electron chi connectivity index (χ3n) is 2.20. The summed E-state index contributed by atoms with van der Waals surface area (Å²) in [5.41, 5.74) is 2.15. The molecule has 0 fully saturated rings. The number of hydrogen-bond donors (Lipinski definition) is 1. The van der Waals surface area contributed by atoms with Gasteiger partial charge >= 0.3 is 0 Å². The van der Waals surface area contributed by atoms with Gasteiger partial charge in [0.15, 0.2) is 0 Å². The van der Waals surface area contributed by atoms with E-state index in [4.69, 9.17) is 4.74 Å². The summed E-state index contributed by atoms with van der Waals surface area (Å²) in [5.74, 6) is 0. The second kappa shape index (κ2) is 7.30. The second-order valence-corrected chi connectivity index (χ2v) is 3.58. The summed E-state index contributed by atoms with van der Waals surface area (Å²) >= 11 is 0. The van der Waals surface area contributed by atoms with Crippen molar-refractivity contribution in [2.24, 2.45) is 0 Å². The Balaban J connectivity index is 2.33. The van der Waals surface area contributed by atoms with E-state index >= 15 is 0 Å². The summed E-state index contributed by atoms with van der Waals surface area (Å²) in [7, 11) is 1.91. The van der Waals surface area contributed by atoms with Crippen LogP contribution in [0.5, 0.6) is 0 Å². The number of ether oxygens (including phenoxy) is 1. The van der Waals surface area contributed by atoms with Crippen LogP contribution in [-0.2, 0) is 17.8 Å². The molecule has 0 saturated heterocycles. The molecule has 0 aliphatic carbocycles. The average Bonchev–Trinajstić information content (AvgIpc) is 2.27. The molecule has 0 radical (unpaired) electrons. The normalized spacial score (nSPS) is 11.0. The molecule has 1 aromatic carbocycles. The van der Waals surface area contributed by atoms with Crippen LogP contribution < -0.4 is 5.32 Å². The van der Waals surface area contributed by atoms with Crippen LogP contribution >= 0.6 is 0 Å². The molecule has 16 heavy (non-hydrogen) atoms. The minimum absolute atomic E-state index is 0.247. The van der Waals surface area contributed by atoms with Crippen molar-refractivity contribution in [1.29, 1.82) is 0 Å². The van der Waals surface area contributed by atoms with Gasteiger partial charge in [0, 0.05) is 0 Å². The molecule has 0 saturated carbocycles. The van der Waals surface area contributed by atoms with Crippen molar-refractivity contribution >= 4 is 0 Å². The lowest BCUT2D eigenvalue weighted by Crippen LogP contribution is -2.10. The fourth-order valence-electron chi connectivity index (χ4n) is 1.34. The largest absolute Gasteiger partial charge is 0.371 e. The third kappa shape index (κ3) is 5.19. The number of alkyl halides is 2. The highest BCUT2D eigenvalue weighted by Crippen LogP contribution is 2.07. The summed E-state index contributed by atoms with van der Waals surface area (Å²) in [4.78, 5) is 0. The number of halogens is 2. The van der Waals surface area contributed by atoms with Gasteiger partial charge in [0.2, 0.25) is 0 Å². The van der Waals surface area contributed by atoms with E-state index in [2.05, 4.69) is 5.32 Å². The van der Waals surface area contributed by atoms with Crippen LogP contribution in [0, 0.1) is 0 Å². The molecule has 90 valence electrons. The van der Waals surface area contributed by atoms with Crippen molar-refractivity contribution in [2.75, 3.05) is 20.2 Å². The Bertz CT molecular complexity index is 288. The maximum atomic E-state index is 11.8. The van der Waals surface area contributed by atoms with Crippen LogP contribution in [0.4, 0.5) is 8.78 Å². The Hall–Kier alpha value is -1.00. The first-order chi connectivity index (χ1) is 7.72. The van der Waals surface area contributed by atoms with Crippen LogP contribution in [0.3, 0.4) is 0 Å². The summed E-state index contributed by atoms with van der Waals surface area (Å²) in [5, 5.41) is 3.07. The third-order valence-corrected chi connectivity index (χ3v) is 2.20. The molecule has 4 heteroatoms. The highest BCUT2D eigenvalue weighted by atomic mass is 19.3. The van der Waals surface area contributed by atoms with E-state index in [0.29, 0.717) is 0 Å². The molecule has 1 aromatic rings. The lowest BCUT2D eigenvalue weighted by atomic mass is 10.1. The Labute approximate surface area is 94.6 Å². The molecule has 2 nitrogen and oxygen atoms in total. The van der Waals surface area contributed by atoms with E-state index in [9.17, 15) is 8.78 Å². The minimum Gasteiger partial charge on any atom is -0.371 e. The maximum Gasteiger partial charge on any atom is 0.261 e. The van der Waals surface area contributed by atoms with Gasteiger partial charge < -0.3 is 10.1 Å². The molecule has 0 bridgehead atoms. The lowest BCUT2D eigenvalue weighted by molar-refractivity contribution is 0.00988. The van der Waals surface area contributed by atoms with E-state index in [1.807, 2.05) is 31.3 Å². The Morgan fingerprint density at radius 1 is 1.19 bits per heavy atom. The Morgan fingerprint density at radius 3 is 2.38 bits per heavy atom. The van der Waals surface area contributed by atoms with Crippen LogP contribution in [-0.4, -0.2) is 26.6 Å². The molecule has 0 spiro atoms. The monoisotopic (exact) mass is 229 g/mol. The van der Waals surface area contributed by atoms with E-state index in [1.165, 1.54) is 5.56 Å². The van der Waals surface area contributed by atoms with Crippen molar-refractivity contribution in [3.8, 4) is 0 Å². The highest BCUT2D eigenvalue weighted by Gasteiger charge is 2.02. The number of benzene rings is 1. The first kappa shape index (κ1) is 13.1. The van der Waals surface area contributed by atoms with Crippen molar-refractivity contribution < 1.29 is 13.5 Å². The molecule has 0 aliphatic heterocycles. The zero-order valence-corrected chi connectivity index (χ0v) is 9.38. The summed E-state index contributed by atoms with van der Waals surface area (Å²) in [6.07, 6.45) is -1.43. The van der Waals surface area contributed by atoms with Gasteiger partial charge in [-0.15, -0.1) is 0 Å². The smallest absolute Gasteiger partial charge is 0.261 e. The van der Waals surface area contributed by atoms with Crippen molar-refractivity contribution in [2.45, 2.75) is 19.5 Å². The van der Waals surface area contributed by atoms with Gasteiger partial charge in [-0.2, -0.15) is 0 Å². The summed E-state index contributed by atoms with van der Waals surface area (Å²) < 4.78 is 28.5. The van der Waals surface area contributed by atoms with Crippen LogP contribution in [0.15, 0.2) is 24.3 Å². The van der Waals surface area contributed by atoms with Gasteiger partial charge in [-0.1, -0.05) is 24.3 Å². The number of nitrogens with one attached hydrogen (secondary N) is 1. The van der Waals surface area contributed by atoms with Crippen LogP contribution in [0.2, 0.25) is 0 Å². The number of likely N-dealkylation sites (N-methyl/N-ethyl adjacent to an activating group) is 1. The quantitative estimate of drug-likeness (QED) is 0.774. The predicted molar refractivity (Wildman–Crippen MR) is 59.7 cm³/mol. The zero-order valence-electron chi connectivity index (χ0n) is 9.38. The molecule has 0 atom stereocenters. The average molecular weight is 229 g/mol. The van der Waals surface area contributed by atoms with E-state index in [-0.39, 0.29) is 6.61 Å². The van der Waals surface area contributed by atoms with E-state index in [0.717, 1.165) is 18.5 Å². The van der Waals surface area contributed by atoms with Crippen molar-refractivity contribution in [3.63, 3.8) is 0 Å². The van der Waals surface area contributed by atoms with Crippen LogP contribution in [0.25, 0.3) is 0 Å². The van der Waals surface area contributed by atoms with E-state index in [1.54, 1.807) is 0 Å². The molecule has 0 aromatic heterocycles. The first-order valence-electron chi connectivity index (χ1n) is 5.30. The first-order valence-corrected chi connectivity index (χ1v) is 5.30. The van der Waals surface area contributed by atoms with Gasteiger partial charge in [0.05, 0.1) is 6.61 Å². The molecular weight excluding hydrogens is 212 g/mol. The SMILES string of the molecule is CNCCc1ccc(COCC(F)F)cc1. The Morgan fingerprint density at radius 2 is 1.81 bits per heavy atom. The fraction of sp³-hybridized carbons (Fsp3) is 0.500. The fourth-order valence-corrected chi connectivity index (χ4v) is 1.34. The van der Waals surface area contributed by atoms with Crippen molar-refractivity contribution in [3.05, 3.63) is 35.4 Å². The van der Waals surface area contributed by atoms with Gasteiger partial charge in [-0.3, -0.25) is 0 Å². The number of hydrogen-bond acceptors (Lipinski definition) is 2. The topological polar surface area (TPSA) is 21.3 Å². The molecular formula is C12H17F2NO. The second-order valence-electron chi connectivity index (χ2n) is 3.58. The van der Waals surface area contributed by atoms with Crippen molar-refractivity contribution in [1.82, 2.24) is 5.32 Å². The van der Waals surface area contributed by atoms with Gasteiger partial charge in [0.1, 0.15) is 6.61 Å².